The predicted molar refractivity (Wildman–Crippen MR) is 74.0 cm³/mol. The minimum atomic E-state index is 0.899. The molecule has 0 unspecified atom stereocenters. The van der Waals surface area contributed by atoms with Crippen LogP contribution in [0.4, 0.5) is 0 Å². The molecule has 0 N–H and O–H groups in total. The van der Waals surface area contributed by atoms with Gasteiger partial charge in [0.05, 0.1) is 0 Å². The number of alkyl halides is 1. The summed E-state index contributed by atoms with van der Waals surface area (Å²) in [5.74, 6) is 0. The maximum absolute atomic E-state index is 3.55. The molecule has 0 radical (unpaired) electrons. The van der Waals surface area contributed by atoms with E-state index >= 15 is 0 Å². The van der Waals surface area contributed by atoms with Crippen molar-refractivity contribution in [2.24, 2.45) is 0 Å². The average molecular weight is 275 g/mol. The van der Waals surface area contributed by atoms with E-state index in [1.807, 2.05) is 0 Å². The van der Waals surface area contributed by atoms with Crippen molar-refractivity contribution in [3.05, 3.63) is 59.2 Å². The van der Waals surface area contributed by atoms with Crippen molar-refractivity contribution < 1.29 is 0 Å². The van der Waals surface area contributed by atoms with E-state index in [1.54, 1.807) is 0 Å². The fourth-order valence-corrected chi connectivity index (χ4v) is 2.41. The van der Waals surface area contributed by atoms with Gasteiger partial charge in [-0.1, -0.05) is 64.0 Å². The highest BCUT2D eigenvalue weighted by Gasteiger charge is 2.06. The molecular weight excluding hydrogens is 260 g/mol. The standard InChI is InChI=1S/C15H15Br/c1-11-7-8-12(2)15(9-11)14-6-4-3-5-13(14)10-16/h3-9H,10H2,1-2H3. The van der Waals surface area contributed by atoms with Crippen LogP contribution in [0.25, 0.3) is 11.1 Å². The molecule has 0 aliphatic carbocycles. The van der Waals surface area contributed by atoms with Crippen molar-refractivity contribution in [2.45, 2.75) is 19.2 Å². The van der Waals surface area contributed by atoms with Crippen molar-refractivity contribution in [1.29, 1.82) is 0 Å². The second-order valence-electron chi connectivity index (χ2n) is 4.11. The lowest BCUT2D eigenvalue weighted by atomic mass is 9.95. The van der Waals surface area contributed by atoms with Crippen molar-refractivity contribution in [2.75, 3.05) is 0 Å². The van der Waals surface area contributed by atoms with Crippen LogP contribution < -0.4 is 0 Å². The molecule has 0 heterocycles. The zero-order chi connectivity index (χ0) is 11.5. The maximum atomic E-state index is 3.55. The van der Waals surface area contributed by atoms with Gasteiger partial charge in [-0.25, -0.2) is 0 Å². The van der Waals surface area contributed by atoms with E-state index in [0.717, 1.165) is 5.33 Å². The molecule has 0 spiro atoms. The van der Waals surface area contributed by atoms with Crippen LogP contribution >= 0.6 is 15.9 Å². The number of aryl methyl sites for hydroxylation is 2. The lowest BCUT2D eigenvalue weighted by Crippen LogP contribution is -1.89. The summed E-state index contributed by atoms with van der Waals surface area (Å²) in [5.41, 5.74) is 6.66. The lowest BCUT2D eigenvalue weighted by molar-refractivity contribution is 1.36. The fraction of sp³-hybridized carbons (Fsp3) is 0.200. The summed E-state index contributed by atoms with van der Waals surface area (Å²) in [4.78, 5) is 0. The van der Waals surface area contributed by atoms with E-state index in [1.165, 1.54) is 27.8 Å². The highest BCUT2D eigenvalue weighted by molar-refractivity contribution is 9.08. The Kier molecular flexibility index (Phi) is 3.45. The van der Waals surface area contributed by atoms with E-state index in [2.05, 4.69) is 72.2 Å². The van der Waals surface area contributed by atoms with Crippen LogP contribution in [0.15, 0.2) is 42.5 Å². The molecule has 0 atom stereocenters. The lowest BCUT2D eigenvalue weighted by Gasteiger charge is -2.11. The molecule has 0 saturated carbocycles. The summed E-state index contributed by atoms with van der Waals surface area (Å²) in [6, 6.07) is 15.2. The second-order valence-corrected chi connectivity index (χ2v) is 4.67. The van der Waals surface area contributed by atoms with Crippen molar-refractivity contribution >= 4 is 15.9 Å². The zero-order valence-corrected chi connectivity index (χ0v) is 11.2. The number of rotatable bonds is 2. The van der Waals surface area contributed by atoms with Crippen molar-refractivity contribution in [3.8, 4) is 11.1 Å². The van der Waals surface area contributed by atoms with Gasteiger partial charge < -0.3 is 0 Å². The fourth-order valence-electron chi connectivity index (χ4n) is 1.93. The maximum Gasteiger partial charge on any atom is 0.0289 e. The smallest absolute Gasteiger partial charge is 0.0289 e. The molecule has 0 fully saturated rings. The molecule has 0 bridgehead atoms. The Balaban J connectivity index is 2.62. The Morgan fingerprint density at radius 2 is 1.69 bits per heavy atom. The summed E-state index contributed by atoms with van der Waals surface area (Å²) < 4.78 is 0. The first-order valence-electron chi connectivity index (χ1n) is 5.44. The van der Waals surface area contributed by atoms with Crippen LogP contribution in [0.5, 0.6) is 0 Å². The molecule has 0 aromatic heterocycles. The molecule has 0 aliphatic heterocycles. The zero-order valence-electron chi connectivity index (χ0n) is 9.63. The molecule has 1 heteroatoms. The van der Waals surface area contributed by atoms with Crippen LogP contribution in [0, 0.1) is 13.8 Å². The van der Waals surface area contributed by atoms with Gasteiger partial charge in [0.1, 0.15) is 0 Å². The Morgan fingerprint density at radius 1 is 0.938 bits per heavy atom. The van der Waals surface area contributed by atoms with Crippen molar-refractivity contribution in [1.82, 2.24) is 0 Å². The quantitative estimate of drug-likeness (QED) is 0.686. The SMILES string of the molecule is Cc1ccc(C)c(-c2ccccc2CBr)c1. The van der Waals surface area contributed by atoms with Gasteiger partial charge >= 0.3 is 0 Å². The first-order chi connectivity index (χ1) is 7.72. The molecule has 2 rings (SSSR count). The molecule has 0 nitrogen and oxygen atoms in total. The summed E-state index contributed by atoms with van der Waals surface area (Å²) in [6.45, 7) is 4.31. The molecule has 2 aromatic rings. The van der Waals surface area contributed by atoms with E-state index in [4.69, 9.17) is 0 Å². The van der Waals surface area contributed by atoms with Gasteiger partial charge in [-0.05, 0) is 36.1 Å². The van der Waals surface area contributed by atoms with Crippen LogP contribution in [-0.4, -0.2) is 0 Å². The average Bonchev–Trinajstić information content (AvgIpc) is 2.32. The van der Waals surface area contributed by atoms with Gasteiger partial charge in [-0.3, -0.25) is 0 Å². The van der Waals surface area contributed by atoms with E-state index in [-0.39, 0.29) is 0 Å². The number of benzene rings is 2. The van der Waals surface area contributed by atoms with Gasteiger partial charge in [0.15, 0.2) is 0 Å². The van der Waals surface area contributed by atoms with Crippen LogP contribution in [0.3, 0.4) is 0 Å². The van der Waals surface area contributed by atoms with Gasteiger partial charge in [0.2, 0.25) is 0 Å². The van der Waals surface area contributed by atoms with Gasteiger partial charge in [-0.15, -0.1) is 0 Å². The first kappa shape index (κ1) is 11.4. The third kappa shape index (κ3) is 2.19. The van der Waals surface area contributed by atoms with E-state index in [0.29, 0.717) is 0 Å². The molecule has 2 aromatic carbocycles. The van der Waals surface area contributed by atoms with Crippen LogP contribution in [-0.2, 0) is 5.33 Å². The molecule has 82 valence electrons. The summed E-state index contributed by atoms with van der Waals surface area (Å²) in [5, 5.41) is 0.899. The number of hydrogen-bond donors (Lipinski definition) is 0. The Bertz CT molecular complexity index is 501. The Hall–Kier alpha value is -1.08. The summed E-state index contributed by atoms with van der Waals surface area (Å²) in [7, 11) is 0. The largest absolute Gasteiger partial charge is 0.0876 e. The van der Waals surface area contributed by atoms with E-state index in [9.17, 15) is 0 Å². The number of hydrogen-bond acceptors (Lipinski definition) is 0. The van der Waals surface area contributed by atoms with Crippen LogP contribution in [0.2, 0.25) is 0 Å². The van der Waals surface area contributed by atoms with E-state index < -0.39 is 0 Å². The minimum Gasteiger partial charge on any atom is -0.0876 e. The topological polar surface area (TPSA) is 0 Å². The molecule has 0 amide bonds. The van der Waals surface area contributed by atoms with Crippen LogP contribution in [0.1, 0.15) is 16.7 Å². The third-order valence-electron chi connectivity index (χ3n) is 2.84. The molecule has 16 heavy (non-hydrogen) atoms. The Morgan fingerprint density at radius 3 is 2.44 bits per heavy atom. The van der Waals surface area contributed by atoms with Gasteiger partial charge in [0, 0.05) is 5.33 Å². The first-order valence-corrected chi connectivity index (χ1v) is 6.56. The summed E-state index contributed by atoms with van der Waals surface area (Å²) >= 11 is 3.55. The molecular formula is C15H15Br. The Labute approximate surface area is 105 Å². The predicted octanol–water partition coefficient (Wildman–Crippen LogP) is 4.87. The van der Waals surface area contributed by atoms with Crippen molar-refractivity contribution in [3.63, 3.8) is 0 Å². The highest BCUT2D eigenvalue weighted by Crippen LogP contribution is 2.28. The van der Waals surface area contributed by atoms with Gasteiger partial charge in [-0.2, -0.15) is 0 Å². The van der Waals surface area contributed by atoms with Gasteiger partial charge in [0.25, 0.3) is 0 Å². The number of halogens is 1. The monoisotopic (exact) mass is 274 g/mol. The molecule has 0 saturated heterocycles. The minimum absolute atomic E-state index is 0.899. The summed E-state index contributed by atoms with van der Waals surface area (Å²) in [6.07, 6.45) is 0. The normalized spacial score (nSPS) is 10.4. The third-order valence-corrected chi connectivity index (χ3v) is 3.45. The molecule has 0 aliphatic rings. The second kappa shape index (κ2) is 4.84. The highest BCUT2D eigenvalue weighted by atomic mass is 79.9.